The number of carbonyl (C=O) groups is 1. The van der Waals surface area contributed by atoms with Gasteiger partial charge >= 0.3 is 0 Å². The van der Waals surface area contributed by atoms with E-state index in [1.54, 1.807) is 6.92 Å². The highest BCUT2D eigenvalue weighted by molar-refractivity contribution is 5.86. The lowest BCUT2D eigenvalue weighted by atomic mass is 9.87. The van der Waals surface area contributed by atoms with E-state index < -0.39 is 0 Å². The van der Waals surface area contributed by atoms with E-state index in [-0.39, 0.29) is 5.91 Å². The van der Waals surface area contributed by atoms with E-state index in [0.717, 1.165) is 17.7 Å². The molecule has 0 radical (unpaired) electrons. The third-order valence-corrected chi connectivity index (χ3v) is 2.77. The number of fused-ring (bicyclic) bond motifs is 1. The number of carbonyl (C=O) groups excluding carboxylic acids is 1. The molecule has 78 valence electrons. The number of allylic oxidation sites excluding steroid dienone is 1. The van der Waals surface area contributed by atoms with Crippen LogP contribution in [0.2, 0.25) is 0 Å². The second-order valence-corrected chi connectivity index (χ2v) is 4.02. The van der Waals surface area contributed by atoms with Gasteiger partial charge in [0, 0.05) is 18.2 Å². The van der Waals surface area contributed by atoms with Gasteiger partial charge in [-0.15, -0.1) is 0 Å². The van der Waals surface area contributed by atoms with Gasteiger partial charge in [-0.05, 0) is 17.9 Å². The summed E-state index contributed by atoms with van der Waals surface area (Å²) < 4.78 is 0. The van der Waals surface area contributed by atoms with Gasteiger partial charge in [0.1, 0.15) is 0 Å². The zero-order chi connectivity index (χ0) is 10.8. The maximum atomic E-state index is 11.1. The Morgan fingerprint density at radius 2 is 2.13 bits per heavy atom. The van der Waals surface area contributed by atoms with Crippen molar-refractivity contribution in [1.82, 2.24) is 5.32 Å². The van der Waals surface area contributed by atoms with Crippen LogP contribution in [-0.2, 0) is 4.79 Å². The lowest BCUT2D eigenvalue weighted by molar-refractivity contribution is -0.117. The number of rotatable bonds is 1. The smallest absolute Gasteiger partial charge is 0.221 e. The SMILES string of the molecule is CC(=O)NC1=CCC(C)c2ccccc21. The molecule has 0 heterocycles. The lowest BCUT2D eigenvalue weighted by Crippen LogP contribution is -2.21. The number of hydrogen-bond acceptors (Lipinski definition) is 1. The minimum Gasteiger partial charge on any atom is -0.326 e. The van der Waals surface area contributed by atoms with Gasteiger partial charge in [-0.1, -0.05) is 37.3 Å². The van der Waals surface area contributed by atoms with Crippen molar-refractivity contribution in [1.29, 1.82) is 0 Å². The highest BCUT2D eigenvalue weighted by atomic mass is 16.1. The van der Waals surface area contributed by atoms with Crippen molar-refractivity contribution in [3.8, 4) is 0 Å². The first-order chi connectivity index (χ1) is 7.18. The van der Waals surface area contributed by atoms with Crippen molar-refractivity contribution in [3.05, 3.63) is 41.5 Å². The van der Waals surface area contributed by atoms with E-state index in [9.17, 15) is 4.79 Å². The van der Waals surface area contributed by atoms with E-state index in [4.69, 9.17) is 0 Å². The summed E-state index contributed by atoms with van der Waals surface area (Å²) in [7, 11) is 0. The fourth-order valence-corrected chi connectivity index (χ4v) is 2.01. The largest absolute Gasteiger partial charge is 0.326 e. The maximum absolute atomic E-state index is 11.1. The zero-order valence-corrected chi connectivity index (χ0v) is 9.08. The van der Waals surface area contributed by atoms with Crippen LogP contribution in [0.3, 0.4) is 0 Å². The second kappa shape index (κ2) is 3.89. The van der Waals surface area contributed by atoms with Crippen molar-refractivity contribution < 1.29 is 4.79 Å². The summed E-state index contributed by atoms with van der Waals surface area (Å²) in [6.07, 6.45) is 3.10. The molecule has 0 fully saturated rings. The number of amides is 1. The molecule has 2 rings (SSSR count). The summed E-state index contributed by atoms with van der Waals surface area (Å²) in [6.45, 7) is 3.75. The lowest BCUT2D eigenvalue weighted by Gasteiger charge is -2.22. The summed E-state index contributed by atoms with van der Waals surface area (Å²) in [5, 5.41) is 2.88. The van der Waals surface area contributed by atoms with Gasteiger partial charge in [0.2, 0.25) is 5.91 Å². The molecule has 1 aromatic rings. The maximum Gasteiger partial charge on any atom is 0.221 e. The molecule has 0 aromatic heterocycles. The van der Waals surface area contributed by atoms with E-state index in [1.165, 1.54) is 5.56 Å². The molecule has 0 bridgehead atoms. The first-order valence-electron chi connectivity index (χ1n) is 5.25. The molecule has 1 aromatic carbocycles. The topological polar surface area (TPSA) is 29.1 Å². The molecule has 1 atom stereocenters. The quantitative estimate of drug-likeness (QED) is 0.743. The average molecular weight is 201 g/mol. The molecule has 0 spiro atoms. The Morgan fingerprint density at radius 1 is 1.40 bits per heavy atom. The van der Waals surface area contributed by atoms with Crippen LogP contribution < -0.4 is 5.32 Å². The predicted molar refractivity (Wildman–Crippen MR) is 61.3 cm³/mol. The van der Waals surface area contributed by atoms with E-state index in [0.29, 0.717) is 5.92 Å². The van der Waals surface area contributed by atoms with Crippen molar-refractivity contribution in [2.45, 2.75) is 26.2 Å². The van der Waals surface area contributed by atoms with Crippen molar-refractivity contribution in [3.63, 3.8) is 0 Å². The highest BCUT2D eigenvalue weighted by Gasteiger charge is 2.17. The van der Waals surface area contributed by atoms with Crippen LogP contribution in [0, 0.1) is 0 Å². The Morgan fingerprint density at radius 3 is 2.87 bits per heavy atom. The van der Waals surface area contributed by atoms with E-state index in [2.05, 4.69) is 30.4 Å². The van der Waals surface area contributed by atoms with Gasteiger partial charge in [0.05, 0.1) is 0 Å². The Hall–Kier alpha value is -1.57. The number of nitrogens with one attached hydrogen (secondary N) is 1. The van der Waals surface area contributed by atoms with Crippen molar-refractivity contribution in [2.75, 3.05) is 0 Å². The Labute approximate surface area is 90.0 Å². The molecule has 2 heteroatoms. The molecule has 0 saturated heterocycles. The normalized spacial score (nSPS) is 19.1. The van der Waals surface area contributed by atoms with Gasteiger partial charge in [0.15, 0.2) is 0 Å². The Balaban J connectivity index is 2.40. The number of benzene rings is 1. The van der Waals surface area contributed by atoms with Gasteiger partial charge in [-0.25, -0.2) is 0 Å². The van der Waals surface area contributed by atoms with E-state index >= 15 is 0 Å². The zero-order valence-electron chi connectivity index (χ0n) is 9.08. The van der Waals surface area contributed by atoms with Crippen LogP contribution in [0.1, 0.15) is 37.3 Å². The molecule has 1 amide bonds. The standard InChI is InChI=1S/C13H15NO/c1-9-7-8-13(14-10(2)15)12-6-4-3-5-11(9)12/h3-6,8-9H,7H2,1-2H3,(H,14,15). The third-order valence-electron chi connectivity index (χ3n) is 2.77. The van der Waals surface area contributed by atoms with Gasteiger partial charge in [-0.3, -0.25) is 4.79 Å². The molecule has 0 saturated carbocycles. The van der Waals surface area contributed by atoms with Crippen molar-refractivity contribution >= 4 is 11.6 Å². The predicted octanol–water partition coefficient (Wildman–Crippen LogP) is 2.67. The fourth-order valence-electron chi connectivity index (χ4n) is 2.01. The first kappa shape index (κ1) is 9.97. The minimum atomic E-state index is -0.00870. The minimum absolute atomic E-state index is 0.00870. The molecule has 1 N–H and O–H groups in total. The summed E-state index contributed by atoms with van der Waals surface area (Å²) in [5.74, 6) is 0.532. The van der Waals surface area contributed by atoms with Gasteiger partial charge < -0.3 is 5.32 Å². The Bertz CT molecular complexity index is 420. The fraction of sp³-hybridized carbons (Fsp3) is 0.308. The molecule has 2 nitrogen and oxygen atoms in total. The highest BCUT2D eigenvalue weighted by Crippen LogP contribution is 2.32. The van der Waals surface area contributed by atoms with Gasteiger partial charge in [0.25, 0.3) is 0 Å². The first-order valence-corrected chi connectivity index (χ1v) is 5.25. The molecular weight excluding hydrogens is 186 g/mol. The van der Waals surface area contributed by atoms with Crippen LogP contribution in [0.4, 0.5) is 0 Å². The molecule has 1 aliphatic rings. The summed E-state index contributed by atoms with van der Waals surface area (Å²) in [4.78, 5) is 11.1. The summed E-state index contributed by atoms with van der Waals surface area (Å²) in [5.41, 5.74) is 3.44. The molecule has 1 unspecified atom stereocenters. The number of hydrogen-bond donors (Lipinski definition) is 1. The second-order valence-electron chi connectivity index (χ2n) is 4.02. The molecular formula is C13H15NO. The van der Waals surface area contributed by atoms with Crippen LogP contribution in [0.25, 0.3) is 5.70 Å². The van der Waals surface area contributed by atoms with Crippen LogP contribution in [0.5, 0.6) is 0 Å². The van der Waals surface area contributed by atoms with Crippen LogP contribution in [-0.4, -0.2) is 5.91 Å². The van der Waals surface area contributed by atoms with E-state index in [1.807, 2.05) is 12.1 Å². The van der Waals surface area contributed by atoms with Crippen LogP contribution in [0.15, 0.2) is 30.3 Å². The van der Waals surface area contributed by atoms with Gasteiger partial charge in [-0.2, -0.15) is 0 Å². The van der Waals surface area contributed by atoms with Crippen LogP contribution >= 0.6 is 0 Å². The summed E-state index contributed by atoms with van der Waals surface area (Å²) in [6, 6.07) is 8.25. The summed E-state index contributed by atoms with van der Waals surface area (Å²) >= 11 is 0. The Kier molecular flexibility index (Phi) is 2.58. The third kappa shape index (κ3) is 1.94. The molecule has 1 aliphatic carbocycles. The van der Waals surface area contributed by atoms with Crippen molar-refractivity contribution in [2.24, 2.45) is 0 Å². The average Bonchev–Trinajstić information content (AvgIpc) is 2.22. The molecule has 15 heavy (non-hydrogen) atoms. The monoisotopic (exact) mass is 201 g/mol. The molecule has 0 aliphatic heterocycles.